The fourth-order valence-electron chi connectivity index (χ4n) is 2.43. The summed E-state index contributed by atoms with van der Waals surface area (Å²) in [6, 6.07) is 0. The van der Waals surface area contributed by atoms with Crippen LogP contribution in [0.15, 0.2) is 22.9 Å². The summed E-state index contributed by atoms with van der Waals surface area (Å²) in [5.74, 6) is -0.731. The van der Waals surface area contributed by atoms with Crippen LogP contribution in [0.3, 0.4) is 0 Å². The monoisotopic (exact) mass is 263 g/mol. The highest BCUT2D eigenvalue weighted by Gasteiger charge is 2.31. The number of Topliss-reactive ketones (excluding diaryl/α,β-unsaturated/α-hetero) is 1. The van der Waals surface area contributed by atoms with Crippen molar-refractivity contribution in [3.8, 4) is 0 Å². The Morgan fingerprint density at radius 2 is 2.16 bits per heavy atom. The average Bonchev–Trinajstić information content (AvgIpc) is 2.71. The second-order valence-electron chi connectivity index (χ2n) is 4.79. The molecule has 0 saturated carbocycles. The van der Waals surface area contributed by atoms with Crippen molar-refractivity contribution in [1.29, 1.82) is 0 Å². The lowest BCUT2D eigenvalue weighted by Gasteiger charge is -2.24. The maximum atomic E-state index is 11.8. The number of esters is 1. The standard InChI is InChI=1S/C14H17NO4/c1-3-10-11(9(7-16)8-19-14(10)18)6-12-13(17)4-5-15(12)2/h6-7,10H,3-5,8H2,1-2H3/b12-6-/t10-/m1/s1. The molecule has 1 atom stereocenters. The van der Waals surface area contributed by atoms with Gasteiger partial charge in [0.1, 0.15) is 12.9 Å². The maximum absolute atomic E-state index is 11.8. The van der Waals surface area contributed by atoms with Gasteiger partial charge in [0.25, 0.3) is 0 Å². The largest absolute Gasteiger partial charge is 0.460 e. The number of rotatable bonds is 3. The van der Waals surface area contributed by atoms with Crippen molar-refractivity contribution in [2.24, 2.45) is 5.92 Å². The van der Waals surface area contributed by atoms with E-state index in [4.69, 9.17) is 4.74 Å². The molecule has 0 aliphatic carbocycles. The summed E-state index contributed by atoms with van der Waals surface area (Å²) in [7, 11) is 1.83. The SMILES string of the molecule is CC[C@H]1C(=O)OCC(C=O)=C1/C=C1/C(=O)CCN1C. The number of hydrogen-bond acceptors (Lipinski definition) is 5. The number of ketones is 1. The lowest BCUT2D eigenvalue weighted by atomic mass is 9.89. The highest BCUT2D eigenvalue weighted by atomic mass is 16.5. The van der Waals surface area contributed by atoms with E-state index in [9.17, 15) is 14.4 Å². The molecule has 102 valence electrons. The highest BCUT2D eigenvalue weighted by molar-refractivity contribution is 5.98. The normalized spacial score (nSPS) is 26.1. The van der Waals surface area contributed by atoms with Gasteiger partial charge in [-0.15, -0.1) is 0 Å². The average molecular weight is 263 g/mol. The number of ether oxygens (including phenoxy) is 1. The van der Waals surface area contributed by atoms with Gasteiger partial charge in [-0.05, 0) is 18.1 Å². The van der Waals surface area contributed by atoms with E-state index in [1.54, 1.807) is 6.08 Å². The third-order valence-electron chi connectivity index (χ3n) is 3.61. The predicted molar refractivity (Wildman–Crippen MR) is 68.2 cm³/mol. The fraction of sp³-hybridized carbons (Fsp3) is 0.500. The van der Waals surface area contributed by atoms with Crippen molar-refractivity contribution in [1.82, 2.24) is 4.90 Å². The van der Waals surface area contributed by atoms with Crippen LogP contribution in [0.4, 0.5) is 0 Å². The molecule has 0 spiro atoms. The zero-order valence-corrected chi connectivity index (χ0v) is 11.1. The molecule has 5 nitrogen and oxygen atoms in total. The van der Waals surface area contributed by atoms with Crippen molar-refractivity contribution in [2.75, 3.05) is 20.2 Å². The molecule has 0 N–H and O–H groups in total. The van der Waals surface area contributed by atoms with Gasteiger partial charge in [0, 0.05) is 25.6 Å². The summed E-state index contributed by atoms with van der Waals surface area (Å²) >= 11 is 0. The summed E-state index contributed by atoms with van der Waals surface area (Å²) < 4.78 is 4.98. The number of allylic oxidation sites excluding steroid dienone is 2. The zero-order valence-electron chi connectivity index (χ0n) is 11.1. The van der Waals surface area contributed by atoms with Crippen LogP contribution in [0.2, 0.25) is 0 Å². The van der Waals surface area contributed by atoms with Crippen molar-refractivity contribution >= 4 is 18.0 Å². The van der Waals surface area contributed by atoms with Gasteiger partial charge in [-0.25, -0.2) is 0 Å². The molecular weight excluding hydrogens is 246 g/mol. The van der Waals surface area contributed by atoms with Gasteiger partial charge >= 0.3 is 5.97 Å². The van der Waals surface area contributed by atoms with E-state index in [0.29, 0.717) is 42.5 Å². The number of carbonyl (C=O) groups excluding carboxylic acids is 3. The molecule has 0 aromatic heterocycles. The van der Waals surface area contributed by atoms with Gasteiger partial charge in [0.15, 0.2) is 5.78 Å². The molecule has 2 heterocycles. The Labute approximate surface area is 111 Å². The molecule has 0 amide bonds. The Morgan fingerprint density at radius 1 is 1.42 bits per heavy atom. The number of carbonyl (C=O) groups is 3. The fourth-order valence-corrected chi connectivity index (χ4v) is 2.43. The third kappa shape index (κ3) is 2.45. The van der Waals surface area contributed by atoms with Gasteiger partial charge in [0.2, 0.25) is 0 Å². The van der Waals surface area contributed by atoms with Gasteiger partial charge in [-0.1, -0.05) is 6.92 Å². The summed E-state index contributed by atoms with van der Waals surface area (Å²) in [6.45, 7) is 2.53. The van der Waals surface area contributed by atoms with Crippen LogP contribution in [0, 0.1) is 5.92 Å². The third-order valence-corrected chi connectivity index (χ3v) is 3.61. The Bertz CT molecular complexity index is 490. The molecule has 2 aliphatic rings. The van der Waals surface area contributed by atoms with E-state index in [0.717, 1.165) is 0 Å². The molecule has 0 unspecified atom stereocenters. The first-order valence-electron chi connectivity index (χ1n) is 6.39. The Kier molecular flexibility index (Phi) is 3.83. The minimum Gasteiger partial charge on any atom is -0.460 e. The molecule has 2 rings (SSSR count). The van der Waals surface area contributed by atoms with Crippen LogP contribution < -0.4 is 0 Å². The van der Waals surface area contributed by atoms with Gasteiger partial charge in [-0.3, -0.25) is 14.4 Å². The minimum atomic E-state index is -0.455. The van der Waals surface area contributed by atoms with Gasteiger partial charge in [0.05, 0.1) is 11.6 Å². The smallest absolute Gasteiger partial charge is 0.313 e. The van der Waals surface area contributed by atoms with Crippen molar-refractivity contribution in [2.45, 2.75) is 19.8 Å². The van der Waals surface area contributed by atoms with E-state index >= 15 is 0 Å². The lowest BCUT2D eigenvalue weighted by Crippen LogP contribution is -2.28. The van der Waals surface area contributed by atoms with Crippen LogP contribution >= 0.6 is 0 Å². The van der Waals surface area contributed by atoms with Crippen LogP contribution in [0.5, 0.6) is 0 Å². The van der Waals surface area contributed by atoms with E-state index in [-0.39, 0.29) is 18.4 Å². The zero-order chi connectivity index (χ0) is 14.0. The van der Waals surface area contributed by atoms with E-state index < -0.39 is 5.92 Å². The maximum Gasteiger partial charge on any atom is 0.313 e. The lowest BCUT2D eigenvalue weighted by molar-refractivity contribution is -0.147. The van der Waals surface area contributed by atoms with Crippen LogP contribution in [-0.2, 0) is 19.1 Å². The number of likely N-dealkylation sites (N-methyl/N-ethyl adjacent to an activating group) is 1. The summed E-state index contributed by atoms with van der Waals surface area (Å²) in [5, 5.41) is 0. The van der Waals surface area contributed by atoms with Crippen LogP contribution in [0.25, 0.3) is 0 Å². The van der Waals surface area contributed by atoms with Crippen molar-refractivity contribution in [3.63, 3.8) is 0 Å². The van der Waals surface area contributed by atoms with Crippen LogP contribution in [0.1, 0.15) is 19.8 Å². The number of nitrogens with zero attached hydrogens (tertiary/aromatic N) is 1. The van der Waals surface area contributed by atoms with Crippen LogP contribution in [-0.4, -0.2) is 43.1 Å². The summed E-state index contributed by atoms with van der Waals surface area (Å²) in [5.41, 5.74) is 1.65. The quantitative estimate of drug-likeness (QED) is 0.429. The highest BCUT2D eigenvalue weighted by Crippen LogP contribution is 2.29. The molecule has 0 radical (unpaired) electrons. The number of likely N-dealkylation sites (tertiary alicyclic amines) is 1. The first kappa shape index (κ1) is 13.5. The molecule has 0 aromatic rings. The molecule has 5 heteroatoms. The Morgan fingerprint density at radius 3 is 2.68 bits per heavy atom. The van der Waals surface area contributed by atoms with E-state index in [1.165, 1.54) is 0 Å². The minimum absolute atomic E-state index is 0.00412. The molecule has 19 heavy (non-hydrogen) atoms. The number of aldehydes is 1. The summed E-state index contributed by atoms with van der Waals surface area (Å²) in [4.78, 5) is 36.5. The molecule has 1 fully saturated rings. The Hall–Kier alpha value is -1.91. The van der Waals surface area contributed by atoms with Gasteiger partial charge in [-0.2, -0.15) is 0 Å². The number of hydrogen-bond donors (Lipinski definition) is 0. The first-order chi connectivity index (χ1) is 9.08. The van der Waals surface area contributed by atoms with E-state index in [2.05, 4.69) is 0 Å². The summed E-state index contributed by atoms with van der Waals surface area (Å²) in [6.07, 6.45) is 3.43. The Balaban J connectivity index is 2.45. The second-order valence-corrected chi connectivity index (χ2v) is 4.79. The van der Waals surface area contributed by atoms with Gasteiger partial charge < -0.3 is 9.64 Å². The molecule has 0 aromatic carbocycles. The topological polar surface area (TPSA) is 63.7 Å². The predicted octanol–water partition coefficient (Wildman–Crippen LogP) is 0.853. The molecule has 2 aliphatic heterocycles. The molecule has 1 saturated heterocycles. The van der Waals surface area contributed by atoms with E-state index in [1.807, 2.05) is 18.9 Å². The van der Waals surface area contributed by atoms with Crippen molar-refractivity contribution in [3.05, 3.63) is 22.9 Å². The number of cyclic esters (lactones) is 1. The molecular formula is C14H17NO4. The molecule has 0 bridgehead atoms. The second kappa shape index (κ2) is 5.38. The first-order valence-corrected chi connectivity index (χ1v) is 6.39. The van der Waals surface area contributed by atoms with Crippen molar-refractivity contribution < 1.29 is 19.1 Å².